The first kappa shape index (κ1) is 19.7. The Labute approximate surface area is 166 Å². The first-order valence-corrected chi connectivity index (χ1v) is 11.0. The van der Waals surface area contributed by atoms with Crippen molar-refractivity contribution in [3.63, 3.8) is 0 Å². The summed E-state index contributed by atoms with van der Waals surface area (Å²) in [6.07, 6.45) is -0.217. The van der Waals surface area contributed by atoms with Crippen LogP contribution in [0.5, 0.6) is 0 Å². The van der Waals surface area contributed by atoms with Crippen molar-refractivity contribution in [1.29, 1.82) is 0 Å². The highest BCUT2D eigenvalue weighted by Gasteiger charge is 2.27. The van der Waals surface area contributed by atoms with Crippen molar-refractivity contribution in [2.45, 2.75) is 28.4 Å². The molecule has 2 aromatic carbocycles. The van der Waals surface area contributed by atoms with Gasteiger partial charge in [0.25, 0.3) is 0 Å². The van der Waals surface area contributed by atoms with Gasteiger partial charge in [0.15, 0.2) is 9.84 Å². The van der Waals surface area contributed by atoms with Gasteiger partial charge in [0.1, 0.15) is 0 Å². The van der Waals surface area contributed by atoms with Gasteiger partial charge >= 0.3 is 0 Å². The summed E-state index contributed by atoms with van der Waals surface area (Å²) in [7, 11) is -3.74. The quantitative estimate of drug-likeness (QED) is 0.765. The Bertz CT molecular complexity index is 1010. The fourth-order valence-corrected chi connectivity index (χ4v) is 4.95. The molecule has 2 amide bonds. The molecule has 2 N–H and O–H groups in total. The normalized spacial score (nSPS) is 14.8. The fraction of sp³-hybridized carbons (Fsp3) is 0.222. The number of carbonyl (C=O) groups excluding carboxylic acids is 2. The second-order valence-electron chi connectivity index (χ2n) is 6.08. The Hall–Kier alpha value is -2.03. The third-order valence-electron chi connectivity index (χ3n) is 4.06. The molecular weight excluding hydrogens is 408 g/mol. The lowest BCUT2D eigenvalue weighted by Gasteiger charge is -2.18. The molecular formula is C18H17ClN2O4S2. The molecule has 27 heavy (non-hydrogen) atoms. The molecule has 0 bridgehead atoms. The van der Waals surface area contributed by atoms with Crippen LogP contribution in [-0.4, -0.2) is 31.2 Å². The van der Waals surface area contributed by atoms with Gasteiger partial charge < -0.3 is 10.6 Å². The number of anilines is 2. The van der Waals surface area contributed by atoms with Gasteiger partial charge in [0, 0.05) is 11.3 Å². The molecule has 1 aliphatic heterocycles. The summed E-state index contributed by atoms with van der Waals surface area (Å²) in [6, 6.07) is 11.3. The summed E-state index contributed by atoms with van der Waals surface area (Å²) >= 11 is 7.35. The average molecular weight is 425 g/mol. The monoisotopic (exact) mass is 424 g/mol. The number of amides is 2. The van der Waals surface area contributed by atoms with E-state index in [-0.39, 0.29) is 17.2 Å². The molecule has 1 atom stereocenters. The molecule has 2 aromatic rings. The SMILES string of the molecule is C[C@@H](CC(=O)Nc1ccccc1Cl)S(=O)(=O)c1ccc2c(c1)NC(=O)CS2. The lowest BCUT2D eigenvalue weighted by molar-refractivity contribution is -0.116. The summed E-state index contributed by atoms with van der Waals surface area (Å²) in [5.74, 6) is -0.312. The van der Waals surface area contributed by atoms with Crippen molar-refractivity contribution in [1.82, 2.24) is 0 Å². The number of carbonyl (C=O) groups is 2. The van der Waals surface area contributed by atoms with Gasteiger partial charge in [-0.15, -0.1) is 11.8 Å². The standard InChI is InChI=1S/C18H17ClN2O4S2/c1-11(8-17(22)20-14-5-3-2-4-13(14)19)27(24,25)12-6-7-16-15(9-12)21-18(23)10-26-16/h2-7,9,11H,8,10H2,1H3,(H,20,22)(H,21,23)/t11-/m0/s1. The first-order chi connectivity index (χ1) is 12.8. The predicted molar refractivity (Wildman–Crippen MR) is 107 cm³/mol. The van der Waals surface area contributed by atoms with Gasteiger partial charge in [0.2, 0.25) is 11.8 Å². The number of para-hydroxylation sites is 1. The maximum absolute atomic E-state index is 12.8. The Kier molecular flexibility index (Phi) is 5.78. The molecule has 0 unspecified atom stereocenters. The van der Waals surface area contributed by atoms with Crippen LogP contribution < -0.4 is 10.6 Å². The number of hydrogen-bond acceptors (Lipinski definition) is 5. The van der Waals surface area contributed by atoms with Crippen LogP contribution in [0.3, 0.4) is 0 Å². The van der Waals surface area contributed by atoms with Crippen molar-refractivity contribution in [2.24, 2.45) is 0 Å². The third-order valence-corrected chi connectivity index (χ3v) is 7.60. The molecule has 1 heterocycles. The highest BCUT2D eigenvalue weighted by Crippen LogP contribution is 2.34. The number of benzene rings is 2. The number of rotatable bonds is 5. The van der Waals surface area contributed by atoms with Crippen LogP contribution in [0.2, 0.25) is 5.02 Å². The minimum atomic E-state index is -3.74. The molecule has 3 rings (SSSR count). The van der Waals surface area contributed by atoms with E-state index >= 15 is 0 Å². The first-order valence-electron chi connectivity index (χ1n) is 8.12. The number of nitrogens with one attached hydrogen (secondary N) is 2. The number of hydrogen-bond donors (Lipinski definition) is 2. The number of fused-ring (bicyclic) bond motifs is 1. The summed E-state index contributed by atoms with van der Waals surface area (Å²) in [5, 5.41) is 4.74. The minimum absolute atomic E-state index is 0.0714. The minimum Gasteiger partial charge on any atom is -0.325 e. The largest absolute Gasteiger partial charge is 0.325 e. The Morgan fingerprint density at radius 3 is 2.78 bits per heavy atom. The smallest absolute Gasteiger partial charge is 0.234 e. The molecule has 9 heteroatoms. The van der Waals surface area contributed by atoms with Crippen molar-refractivity contribution in [3.05, 3.63) is 47.5 Å². The lowest BCUT2D eigenvalue weighted by atomic mass is 10.3. The van der Waals surface area contributed by atoms with E-state index in [4.69, 9.17) is 11.6 Å². The van der Waals surface area contributed by atoms with Gasteiger partial charge in [0.05, 0.1) is 32.3 Å². The average Bonchev–Trinajstić information content (AvgIpc) is 2.62. The van der Waals surface area contributed by atoms with Gasteiger partial charge in [-0.1, -0.05) is 23.7 Å². The highest BCUT2D eigenvalue weighted by atomic mass is 35.5. The predicted octanol–water partition coefficient (Wildman–Crippen LogP) is 3.58. The van der Waals surface area contributed by atoms with Crippen LogP contribution in [-0.2, 0) is 19.4 Å². The van der Waals surface area contributed by atoms with Crippen molar-refractivity contribution < 1.29 is 18.0 Å². The van der Waals surface area contributed by atoms with E-state index in [0.717, 1.165) is 4.90 Å². The molecule has 0 saturated heterocycles. The van der Waals surface area contributed by atoms with Crippen LogP contribution in [0.15, 0.2) is 52.3 Å². The molecule has 0 aromatic heterocycles. The summed E-state index contributed by atoms with van der Waals surface area (Å²) in [5.41, 5.74) is 0.910. The van der Waals surface area contributed by atoms with Crippen molar-refractivity contribution >= 4 is 56.4 Å². The molecule has 142 valence electrons. The Balaban J connectivity index is 1.74. The summed E-state index contributed by atoms with van der Waals surface area (Å²) in [4.78, 5) is 24.6. The van der Waals surface area contributed by atoms with E-state index < -0.39 is 21.0 Å². The zero-order valence-corrected chi connectivity index (χ0v) is 16.7. The van der Waals surface area contributed by atoms with Gasteiger partial charge in [-0.3, -0.25) is 9.59 Å². The van der Waals surface area contributed by atoms with Gasteiger partial charge in [-0.2, -0.15) is 0 Å². The number of halogens is 1. The van der Waals surface area contributed by atoms with Crippen LogP contribution >= 0.6 is 23.4 Å². The lowest BCUT2D eigenvalue weighted by Crippen LogP contribution is -2.25. The molecule has 6 nitrogen and oxygen atoms in total. The van der Waals surface area contributed by atoms with E-state index in [0.29, 0.717) is 22.2 Å². The topological polar surface area (TPSA) is 92.3 Å². The zero-order valence-electron chi connectivity index (χ0n) is 14.4. The third kappa shape index (κ3) is 4.45. The summed E-state index contributed by atoms with van der Waals surface area (Å²) < 4.78 is 25.7. The summed E-state index contributed by atoms with van der Waals surface area (Å²) in [6.45, 7) is 1.48. The Morgan fingerprint density at radius 2 is 2.04 bits per heavy atom. The fourth-order valence-electron chi connectivity index (χ4n) is 2.61. The molecule has 0 aliphatic carbocycles. The molecule has 1 aliphatic rings. The van der Waals surface area contributed by atoms with Crippen LogP contribution in [0.25, 0.3) is 0 Å². The van der Waals surface area contributed by atoms with E-state index in [1.807, 2.05) is 0 Å². The maximum atomic E-state index is 12.8. The second kappa shape index (κ2) is 7.92. The number of sulfone groups is 1. The van der Waals surface area contributed by atoms with E-state index in [1.54, 1.807) is 30.3 Å². The van der Waals surface area contributed by atoms with Crippen LogP contribution in [0.1, 0.15) is 13.3 Å². The maximum Gasteiger partial charge on any atom is 0.234 e. The molecule has 0 saturated carbocycles. The van der Waals surface area contributed by atoms with E-state index in [2.05, 4.69) is 10.6 Å². The molecule has 0 fully saturated rings. The Morgan fingerprint density at radius 1 is 1.30 bits per heavy atom. The molecule has 0 radical (unpaired) electrons. The zero-order chi connectivity index (χ0) is 19.6. The highest BCUT2D eigenvalue weighted by molar-refractivity contribution is 8.00. The van der Waals surface area contributed by atoms with Gasteiger partial charge in [-0.05, 0) is 37.3 Å². The van der Waals surface area contributed by atoms with Crippen LogP contribution in [0, 0.1) is 0 Å². The van der Waals surface area contributed by atoms with E-state index in [1.165, 1.54) is 30.8 Å². The molecule has 0 spiro atoms. The van der Waals surface area contributed by atoms with Crippen LogP contribution in [0.4, 0.5) is 11.4 Å². The van der Waals surface area contributed by atoms with Gasteiger partial charge in [-0.25, -0.2) is 8.42 Å². The second-order valence-corrected chi connectivity index (χ2v) is 9.87. The number of thioether (sulfide) groups is 1. The van der Waals surface area contributed by atoms with Crippen molar-refractivity contribution in [3.8, 4) is 0 Å². The van der Waals surface area contributed by atoms with Crippen molar-refractivity contribution in [2.75, 3.05) is 16.4 Å². The van der Waals surface area contributed by atoms with E-state index in [9.17, 15) is 18.0 Å².